The lowest BCUT2D eigenvalue weighted by Crippen LogP contribution is -2.62. The third-order valence-corrected chi connectivity index (χ3v) is 11.4. The summed E-state index contributed by atoms with van der Waals surface area (Å²) in [7, 11) is 0. The highest BCUT2D eigenvalue weighted by Gasteiger charge is 2.68. The van der Waals surface area contributed by atoms with Crippen LogP contribution in [0.1, 0.15) is 70.8 Å². The third-order valence-electron chi connectivity index (χ3n) is 10.6. The van der Waals surface area contributed by atoms with Crippen molar-refractivity contribution >= 4 is 35.8 Å². The molecule has 8 atom stereocenters. The second-order valence-electron chi connectivity index (χ2n) is 12.2. The van der Waals surface area contributed by atoms with Crippen LogP contribution >= 0.6 is 11.9 Å². The van der Waals surface area contributed by atoms with E-state index < -0.39 is 23.4 Å². The van der Waals surface area contributed by atoms with Crippen LogP contribution in [0.15, 0.2) is 39.6 Å². The molecule has 4 saturated carbocycles. The third kappa shape index (κ3) is 4.36. The Morgan fingerprint density at radius 1 is 1.14 bits per heavy atom. The van der Waals surface area contributed by atoms with Gasteiger partial charge in [-0.2, -0.15) is 0 Å². The van der Waals surface area contributed by atoms with E-state index in [1.807, 2.05) is 31.3 Å². The topological polar surface area (TPSA) is 107 Å². The molecule has 5 aliphatic rings. The molecule has 6 nitrogen and oxygen atoms in total. The first-order valence-electron chi connectivity index (χ1n) is 13.7. The molecule has 6 rings (SSSR count). The molecule has 200 valence electrons. The smallest absolute Gasteiger partial charge is 0.190 e. The van der Waals surface area contributed by atoms with E-state index in [0.717, 1.165) is 38.5 Å². The van der Waals surface area contributed by atoms with Crippen LogP contribution in [-0.2, 0) is 9.59 Å². The highest BCUT2D eigenvalue weighted by atomic mass is 32.2. The van der Waals surface area contributed by atoms with Gasteiger partial charge in [-0.25, -0.2) is 4.40 Å². The molecule has 37 heavy (non-hydrogen) atoms. The van der Waals surface area contributed by atoms with Crippen LogP contribution in [0, 0.1) is 34.5 Å². The molecule has 0 unspecified atom stereocenters. The number of aliphatic hydroxyl groups excluding tert-OH is 2. The molecule has 3 N–H and O–H groups in total. The minimum Gasteiger partial charge on any atom is -0.393 e. The van der Waals surface area contributed by atoms with Gasteiger partial charge in [0.2, 0.25) is 0 Å². The van der Waals surface area contributed by atoms with E-state index in [0.29, 0.717) is 12.3 Å². The molecule has 1 aromatic carbocycles. The van der Waals surface area contributed by atoms with E-state index in [4.69, 9.17) is 0 Å². The number of fused-ring (bicyclic) bond motifs is 6. The maximum absolute atomic E-state index is 13.4. The van der Waals surface area contributed by atoms with Crippen LogP contribution in [0.2, 0.25) is 0 Å². The first-order valence-corrected chi connectivity index (χ1v) is 14.4. The van der Waals surface area contributed by atoms with Gasteiger partial charge in [-0.3, -0.25) is 9.59 Å². The average molecular weight is 526 g/mol. The Hall–Kier alpha value is -1.80. The van der Waals surface area contributed by atoms with Crippen LogP contribution in [0.3, 0.4) is 0 Å². The molecule has 0 bridgehead atoms. The summed E-state index contributed by atoms with van der Waals surface area (Å²) in [4.78, 5) is 26.9. The van der Waals surface area contributed by atoms with E-state index in [9.17, 15) is 24.9 Å². The van der Waals surface area contributed by atoms with Gasteiger partial charge in [0.15, 0.2) is 5.78 Å². The van der Waals surface area contributed by atoms with Gasteiger partial charge in [0.05, 0.1) is 6.10 Å². The van der Waals surface area contributed by atoms with Gasteiger partial charge in [0, 0.05) is 40.8 Å². The fourth-order valence-corrected chi connectivity index (χ4v) is 9.24. The lowest BCUT2D eigenvalue weighted by molar-refractivity contribution is -0.180. The summed E-state index contributed by atoms with van der Waals surface area (Å²) in [5.41, 5.74) is -1.16. The predicted octanol–water partition coefficient (Wildman–Crippen LogP) is 4.65. The first-order chi connectivity index (χ1) is 17.6. The number of Topliss-reactive ketones (excluding diaryl/α,β-unsaturated/α-hetero) is 2. The fraction of sp³-hybridized carbons (Fsp3) is 0.633. The van der Waals surface area contributed by atoms with Gasteiger partial charge in [-0.1, -0.05) is 38.1 Å². The summed E-state index contributed by atoms with van der Waals surface area (Å²) in [6, 6.07) is 8.23. The van der Waals surface area contributed by atoms with Crippen LogP contribution < -0.4 is 0 Å². The number of aliphatic hydroxyl groups is 3. The van der Waals surface area contributed by atoms with Crippen LogP contribution in [0.4, 0.5) is 0 Å². The number of rotatable bonds is 2. The Kier molecular flexibility index (Phi) is 7.29. The summed E-state index contributed by atoms with van der Waals surface area (Å²) in [6.45, 7) is 3.46. The monoisotopic (exact) mass is 525 g/mol. The van der Waals surface area contributed by atoms with Gasteiger partial charge in [-0.05, 0) is 85.8 Å². The number of ketones is 2. The Labute approximate surface area is 223 Å². The zero-order chi connectivity index (χ0) is 26.4. The van der Waals surface area contributed by atoms with Gasteiger partial charge >= 0.3 is 0 Å². The van der Waals surface area contributed by atoms with E-state index in [1.54, 1.807) is 0 Å². The molecule has 1 aliphatic heterocycles. The fourth-order valence-electron chi connectivity index (χ4n) is 8.61. The van der Waals surface area contributed by atoms with Crippen molar-refractivity contribution in [2.24, 2.45) is 38.9 Å². The SMILES string of the molecule is C1=Cc2ccccc2SN=C1.C[C@]12CC[C@@H](O)C[C@H]1CC[C@@H]1[C@@H]2C(=O)C[C@@]2(C)[C@H]1CC[C@]2(O)C(=O)CO. The zero-order valence-electron chi connectivity index (χ0n) is 21.8. The van der Waals surface area contributed by atoms with Gasteiger partial charge in [0.1, 0.15) is 18.0 Å². The van der Waals surface area contributed by atoms with Crippen LogP contribution in [-0.4, -0.2) is 51.4 Å². The first kappa shape index (κ1) is 26.8. The van der Waals surface area contributed by atoms with E-state index in [-0.39, 0.29) is 41.5 Å². The highest BCUT2D eigenvalue weighted by Crippen LogP contribution is 2.67. The average Bonchev–Trinajstić information content (AvgIpc) is 3.02. The number of benzene rings is 1. The normalized spacial score (nSPS) is 41.9. The number of hydrogen-bond donors (Lipinski definition) is 3. The summed E-state index contributed by atoms with van der Waals surface area (Å²) >= 11 is 1.52. The molecule has 0 saturated heterocycles. The second-order valence-corrected chi connectivity index (χ2v) is 13.1. The lowest BCUT2D eigenvalue weighted by Gasteiger charge is -2.60. The molecule has 0 radical (unpaired) electrons. The molecule has 1 aromatic rings. The van der Waals surface area contributed by atoms with Gasteiger partial charge in [0.25, 0.3) is 0 Å². The largest absolute Gasteiger partial charge is 0.393 e. The minimum absolute atomic E-state index is 0.0154. The summed E-state index contributed by atoms with van der Waals surface area (Å²) in [5.74, 6) is 0.380. The molecule has 0 amide bonds. The van der Waals surface area contributed by atoms with Crippen molar-refractivity contribution in [3.63, 3.8) is 0 Å². The molecule has 4 fully saturated rings. The Bertz CT molecular complexity index is 1120. The Balaban J connectivity index is 0.000000212. The van der Waals surface area contributed by atoms with Crippen LogP contribution in [0.5, 0.6) is 0 Å². The quantitative estimate of drug-likeness (QED) is 0.485. The highest BCUT2D eigenvalue weighted by molar-refractivity contribution is 7.98. The van der Waals surface area contributed by atoms with Crippen molar-refractivity contribution in [1.82, 2.24) is 0 Å². The number of carbonyl (C=O) groups excluding carboxylic acids is 2. The van der Waals surface area contributed by atoms with Crippen molar-refractivity contribution < 1.29 is 24.9 Å². The Morgan fingerprint density at radius 3 is 2.70 bits per heavy atom. The molecule has 0 spiro atoms. The van der Waals surface area contributed by atoms with Crippen molar-refractivity contribution in [1.29, 1.82) is 0 Å². The van der Waals surface area contributed by atoms with Crippen molar-refractivity contribution in [3.05, 3.63) is 35.9 Å². The summed E-state index contributed by atoms with van der Waals surface area (Å²) in [5, 5.41) is 30.6. The second kappa shape index (κ2) is 10.1. The molecular formula is C30H39NO5S. The summed E-state index contributed by atoms with van der Waals surface area (Å²) in [6.07, 6.45) is 11.3. The predicted molar refractivity (Wildman–Crippen MR) is 145 cm³/mol. The number of carbonyl (C=O) groups is 2. The number of allylic oxidation sites excluding steroid dienone is 1. The van der Waals surface area contributed by atoms with Crippen molar-refractivity contribution in [3.8, 4) is 0 Å². The molecule has 7 heteroatoms. The lowest BCUT2D eigenvalue weighted by atomic mass is 9.44. The number of nitrogens with zero attached hydrogens (tertiary/aromatic N) is 1. The van der Waals surface area contributed by atoms with E-state index in [2.05, 4.69) is 29.5 Å². The van der Waals surface area contributed by atoms with Gasteiger partial charge in [-0.15, -0.1) is 0 Å². The zero-order valence-corrected chi connectivity index (χ0v) is 22.6. The molecule has 0 aromatic heterocycles. The van der Waals surface area contributed by atoms with Crippen LogP contribution in [0.25, 0.3) is 6.08 Å². The van der Waals surface area contributed by atoms with Gasteiger partial charge < -0.3 is 15.3 Å². The molecular weight excluding hydrogens is 486 g/mol. The molecule has 4 aliphatic carbocycles. The summed E-state index contributed by atoms with van der Waals surface area (Å²) < 4.78 is 4.12. The minimum atomic E-state index is -1.58. The van der Waals surface area contributed by atoms with E-state index >= 15 is 0 Å². The standard InChI is InChI=1S/C21H32O5.C9H7NS/c1-19-7-5-13(23)9-12(19)3-4-14-15-6-8-21(26,17(25)11-22)20(15,2)10-16(24)18(14)19;1-2-6-9-8(4-1)5-3-7-10-11-9/h12-15,18,22-23,26H,3-11H2,1-2H3;1-7H/t12-,13-,14+,15+,18-,19+,20+,21+;/m1./s1. The Morgan fingerprint density at radius 2 is 1.92 bits per heavy atom. The molecule has 1 heterocycles. The van der Waals surface area contributed by atoms with Crippen molar-refractivity contribution in [2.45, 2.75) is 81.8 Å². The van der Waals surface area contributed by atoms with E-state index in [1.165, 1.54) is 22.4 Å². The maximum atomic E-state index is 13.4. The van der Waals surface area contributed by atoms with Crippen molar-refractivity contribution in [2.75, 3.05) is 6.61 Å². The maximum Gasteiger partial charge on any atom is 0.190 e. The number of hydrogen-bond acceptors (Lipinski definition) is 7.